The predicted molar refractivity (Wildman–Crippen MR) is 79.3 cm³/mol. The lowest BCUT2D eigenvalue weighted by Crippen LogP contribution is -2.15. The third-order valence-electron chi connectivity index (χ3n) is 3.20. The van der Waals surface area contributed by atoms with Gasteiger partial charge in [-0.1, -0.05) is 6.92 Å². The third-order valence-corrected chi connectivity index (χ3v) is 4.52. The molecule has 0 saturated heterocycles. The molecule has 0 radical (unpaired) electrons. The second-order valence-corrected chi connectivity index (χ2v) is 6.03. The number of nitrogens with one attached hydrogen (secondary N) is 1. The molecular weight excluding hydrogens is 329 g/mol. The van der Waals surface area contributed by atoms with E-state index >= 15 is 0 Å². The van der Waals surface area contributed by atoms with E-state index in [1.165, 1.54) is 15.9 Å². The minimum absolute atomic E-state index is 0.108. The first-order valence-corrected chi connectivity index (χ1v) is 7.69. The molecule has 0 spiro atoms. The van der Waals surface area contributed by atoms with Gasteiger partial charge in [-0.25, -0.2) is 9.97 Å². The van der Waals surface area contributed by atoms with Gasteiger partial charge in [0.15, 0.2) is 5.69 Å². The average Bonchev–Trinajstić information content (AvgIpc) is 3.15. The van der Waals surface area contributed by atoms with Crippen LogP contribution in [-0.2, 0) is 12.6 Å². The highest BCUT2D eigenvalue weighted by Crippen LogP contribution is 2.31. The highest BCUT2D eigenvalue weighted by molar-refractivity contribution is 7.11. The van der Waals surface area contributed by atoms with E-state index < -0.39 is 11.9 Å². The number of rotatable bonds is 4. The number of halogens is 3. The van der Waals surface area contributed by atoms with Crippen LogP contribution in [-0.4, -0.2) is 24.6 Å². The zero-order valence-corrected chi connectivity index (χ0v) is 13.1. The van der Waals surface area contributed by atoms with Crippen molar-refractivity contribution in [3.8, 4) is 0 Å². The Morgan fingerprint density at radius 3 is 2.78 bits per heavy atom. The monoisotopic (exact) mass is 342 g/mol. The molecule has 0 aromatic carbocycles. The first kappa shape index (κ1) is 15.7. The van der Waals surface area contributed by atoms with Gasteiger partial charge in [-0.2, -0.15) is 27.8 Å². The van der Waals surface area contributed by atoms with E-state index in [0.717, 1.165) is 28.7 Å². The molecule has 10 heteroatoms. The van der Waals surface area contributed by atoms with Crippen molar-refractivity contribution in [2.45, 2.75) is 32.5 Å². The molecule has 0 aliphatic carbocycles. The second kappa shape index (κ2) is 5.76. The smallest absolute Gasteiger partial charge is 0.361 e. The van der Waals surface area contributed by atoms with Gasteiger partial charge in [0.25, 0.3) is 5.78 Å². The van der Waals surface area contributed by atoms with E-state index in [2.05, 4.69) is 25.4 Å². The van der Waals surface area contributed by atoms with Crippen molar-refractivity contribution in [1.29, 1.82) is 0 Å². The van der Waals surface area contributed by atoms with Gasteiger partial charge in [0.1, 0.15) is 17.2 Å². The molecule has 6 nitrogen and oxygen atoms in total. The number of thiazole rings is 1. The SMILES string of the molecule is CCc1cnc(C(C)Nc2cc(C(F)(F)F)nc3ncnn23)s1. The number of fused-ring (bicyclic) bond motifs is 1. The van der Waals surface area contributed by atoms with E-state index in [9.17, 15) is 13.2 Å². The summed E-state index contributed by atoms with van der Waals surface area (Å²) < 4.78 is 40.1. The van der Waals surface area contributed by atoms with Crippen LogP contribution in [0.5, 0.6) is 0 Å². The van der Waals surface area contributed by atoms with Gasteiger partial charge in [0.2, 0.25) is 0 Å². The third kappa shape index (κ3) is 3.11. The summed E-state index contributed by atoms with van der Waals surface area (Å²) in [6.45, 7) is 3.85. The summed E-state index contributed by atoms with van der Waals surface area (Å²) in [4.78, 5) is 12.6. The van der Waals surface area contributed by atoms with Crippen molar-refractivity contribution in [1.82, 2.24) is 24.6 Å². The number of hydrogen-bond acceptors (Lipinski definition) is 6. The molecule has 0 saturated carbocycles. The standard InChI is InChI=1S/C13H13F3N6S/c1-3-8-5-17-11(23-8)7(2)20-10-4-9(13(14,15)16)21-12-18-6-19-22(10)12/h4-7,20H,3H2,1-2H3. The second-order valence-electron chi connectivity index (χ2n) is 4.88. The van der Waals surface area contributed by atoms with Crippen LogP contribution in [0.25, 0.3) is 5.78 Å². The number of hydrogen-bond donors (Lipinski definition) is 1. The molecule has 1 unspecified atom stereocenters. The molecule has 3 aromatic rings. The molecule has 0 amide bonds. The molecule has 3 rings (SSSR count). The van der Waals surface area contributed by atoms with Crippen LogP contribution >= 0.6 is 11.3 Å². The Morgan fingerprint density at radius 1 is 1.35 bits per heavy atom. The van der Waals surface area contributed by atoms with E-state index in [1.807, 2.05) is 13.8 Å². The van der Waals surface area contributed by atoms with Crippen molar-refractivity contribution < 1.29 is 13.2 Å². The van der Waals surface area contributed by atoms with Gasteiger partial charge in [0.05, 0.1) is 6.04 Å². The Morgan fingerprint density at radius 2 is 2.13 bits per heavy atom. The van der Waals surface area contributed by atoms with Crippen LogP contribution in [0.15, 0.2) is 18.6 Å². The highest BCUT2D eigenvalue weighted by atomic mass is 32.1. The number of nitrogens with zero attached hydrogens (tertiary/aromatic N) is 5. The van der Waals surface area contributed by atoms with Crippen molar-refractivity contribution in [3.63, 3.8) is 0 Å². The molecular formula is C13H13F3N6S. The van der Waals surface area contributed by atoms with E-state index in [-0.39, 0.29) is 17.6 Å². The lowest BCUT2D eigenvalue weighted by molar-refractivity contribution is -0.141. The molecule has 0 fully saturated rings. The van der Waals surface area contributed by atoms with Crippen molar-refractivity contribution >= 4 is 22.9 Å². The Balaban J connectivity index is 1.96. The van der Waals surface area contributed by atoms with Gasteiger partial charge in [-0.05, 0) is 13.3 Å². The van der Waals surface area contributed by atoms with E-state index in [1.54, 1.807) is 6.20 Å². The summed E-state index contributed by atoms with van der Waals surface area (Å²) in [5.41, 5.74) is -1.01. The molecule has 0 aliphatic heterocycles. The normalized spacial score (nSPS) is 13.4. The Kier molecular flexibility index (Phi) is 3.92. The highest BCUT2D eigenvalue weighted by Gasteiger charge is 2.34. The van der Waals surface area contributed by atoms with Crippen LogP contribution in [0.4, 0.5) is 19.0 Å². The fraction of sp³-hybridized carbons (Fsp3) is 0.385. The predicted octanol–water partition coefficient (Wildman–Crippen LogP) is 3.34. The van der Waals surface area contributed by atoms with Crippen molar-refractivity contribution in [2.75, 3.05) is 5.32 Å². The van der Waals surface area contributed by atoms with Gasteiger partial charge in [-0.3, -0.25) is 0 Å². The molecule has 23 heavy (non-hydrogen) atoms. The molecule has 1 atom stereocenters. The molecule has 3 heterocycles. The van der Waals surface area contributed by atoms with Gasteiger partial charge in [-0.15, -0.1) is 11.3 Å². The van der Waals surface area contributed by atoms with Crippen LogP contribution in [0.2, 0.25) is 0 Å². The molecule has 1 N–H and O–H groups in total. The van der Waals surface area contributed by atoms with E-state index in [0.29, 0.717) is 0 Å². The molecule has 122 valence electrons. The van der Waals surface area contributed by atoms with E-state index in [4.69, 9.17) is 0 Å². The maximum atomic E-state index is 13.0. The summed E-state index contributed by atoms with van der Waals surface area (Å²) >= 11 is 1.52. The van der Waals surface area contributed by atoms with Crippen molar-refractivity contribution in [3.05, 3.63) is 34.2 Å². The van der Waals surface area contributed by atoms with Crippen LogP contribution in [0.1, 0.15) is 35.5 Å². The zero-order valence-electron chi connectivity index (χ0n) is 12.3. The molecule has 0 aliphatic rings. The van der Waals surface area contributed by atoms with Crippen LogP contribution in [0.3, 0.4) is 0 Å². The molecule has 3 aromatic heterocycles. The summed E-state index contributed by atoms with van der Waals surface area (Å²) in [6, 6.07) is 0.656. The van der Waals surface area contributed by atoms with Crippen molar-refractivity contribution in [2.24, 2.45) is 0 Å². The first-order valence-electron chi connectivity index (χ1n) is 6.87. The Hall–Kier alpha value is -2.23. The minimum atomic E-state index is -4.55. The van der Waals surface area contributed by atoms with Crippen LogP contribution in [0, 0.1) is 0 Å². The summed E-state index contributed by atoms with van der Waals surface area (Å²) in [7, 11) is 0. The fourth-order valence-electron chi connectivity index (χ4n) is 2.03. The van der Waals surface area contributed by atoms with Gasteiger partial charge < -0.3 is 5.32 Å². The Labute approximate surface area is 133 Å². The summed E-state index contributed by atoms with van der Waals surface area (Å²) in [5, 5.41) is 7.70. The summed E-state index contributed by atoms with van der Waals surface area (Å²) in [5.74, 6) is 0.0588. The number of aryl methyl sites for hydroxylation is 1. The topological polar surface area (TPSA) is 68.0 Å². The lowest BCUT2D eigenvalue weighted by atomic mass is 10.3. The lowest BCUT2D eigenvalue weighted by Gasteiger charge is -2.15. The number of anilines is 1. The Bertz CT molecular complexity index is 825. The fourth-order valence-corrected chi connectivity index (χ4v) is 2.89. The van der Waals surface area contributed by atoms with Crippen LogP contribution < -0.4 is 5.32 Å². The number of alkyl halides is 3. The van der Waals surface area contributed by atoms with Gasteiger partial charge >= 0.3 is 6.18 Å². The maximum absolute atomic E-state index is 13.0. The maximum Gasteiger partial charge on any atom is 0.433 e. The molecule has 0 bridgehead atoms. The number of aromatic nitrogens is 5. The largest absolute Gasteiger partial charge is 0.433 e. The summed E-state index contributed by atoms with van der Waals surface area (Å²) in [6.07, 6.45) is -0.747. The zero-order chi connectivity index (χ0) is 16.6. The van der Waals surface area contributed by atoms with Gasteiger partial charge in [0, 0.05) is 17.1 Å². The first-order chi connectivity index (χ1) is 10.9. The average molecular weight is 342 g/mol. The minimum Gasteiger partial charge on any atom is -0.361 e. The quantitative estimate of drug-likeness (QED) is 0.788.